The van der Waals surface area contributed by atoms with E-state index in [2.05, 4.69) is 5.32 Å². The highest BCUT2D eigenvalue weighted by molar-refractivity contribution is 5.88. The molecule has 5 atom stereocenters. The standard InChI is InChI=1S/C31H37N3O5/c32-24(17-23-11-13-25(35)14-12-23)20-26(36)15-16-29(37)27(18-21-7-3-1-4-8-21)31(39)34-28(30(33)38)19-22-9-5-2-6-10-22/h1-16,24,26-29,35-37H,17-20,32H2,(H2,33,38)(H,34,39)/t24-,26+,27-,28-,29+/m0/s1. The van der Waals surface area contributed by atoms with Gasteiger partial charge in [-0.15, -0.1) is 0 Å². The molecule has 0 unspecified atom stereocenters. The molecule has 0 aliphatic carbocycles. The van der Waals surface area contributed by atoms with E-state index in [-0.39, 0.29) is 31.1 Å². The van der Waals surface area contributed by atoms with E-state index in [4.69, 9.17) is 11.5 Å². The lowest BCUT2D eigenvalue weighted by Gasteiger charge is -2.24. The van der Waals surface area contributed by atoms with Crippen LogP contribution in [0.3, 0.4) is 0 Å². The molecule has 3 aromatic rings. The molecule has 0 bridgehead atoms. The molecule has 8 nitrogen and oxygen atoms in total. The number of nitrogens with one attached hydrogen (secondary N) is 1. The number of nitrogens with two attached hydrogens (primary N) is 2. The zero-order valence-electron chi connectivity index (χ0n) is 21.8. The van der Waals surface area contributed by atoms with Gasteiger partial charge in [0.1, 0.15) is 11.8 Å². The predicted octanol–water partition coefficient (Wildman–Crippen LogP) is 2.00. The third kappa shape index (κ3) is 10.0. The highest BCUT2D eigenvalue weighted by atomic mass is 16.3. The average molecular weight is 532 g/mol. The van der Waals surface area contributed by atoms with E-state index < -0.39 is 36.0 Å². The highest BCUT2D eigenvalue weighted by Crippen LogP contribution is 2.17. The first kappa shape index (κ1) is 29.6. The van der Waals surface area contributed by atoms with E-state index in [1.165, 1.54) is 12.2 Å². The fourth-order valence-electron chi connectivity index (χ4n) is 4.37. The van der Waals surface area contributed by atoms with Gasteiger partial charge in [0.05, 0.1) is 18.1 Å². The van der Waals surface area contributed by atoms with Crippen LogP contribution < -0.4 is 16.8 Å². The van der Waals surface area contributed by atoms with E-state index >= 15 is 0 Å². The number of benzene rings is 3. The van der Waals surface area contributed by atoms with Crippen molar-refractivity contribution in [1.29, 1.82) is 0 Å². The minimum atomic E-state index is -1.24. The third-order valence-electron chi connectivity index (χ3n) is 6.50. The molecule has 0 heterocycles. The predicted molar refractivity (Wildman–Crippen MR) is 150 cm³/mol. The Bertz CT molecular complexity index is 1200. The van der Waals surface area contributed by atoms with Crippen LogP contribution >= 0.6 is 0 Å². The molecule has 0 fully saturated rings. The van der Waals surface area contributed by atoms with Gasteiger partial charge in [-0.05, 0) is 48.1 Å². The van der Waals surface area contributed by atoms with E-state index in [1.807, 2.05) is 60.7 Å². The number of primary amides is 1. The van der Waals surface area contributed by atoms with Gasteiger partial charge >= 0.3 is 0 Å². The number of amides is 2. The summed E-state index contributed by atoms with van der Waals surface area (Å²) in [5.41, 5.74) is 14.4. The largest absolute Gasteiger partial charge is 0.508 e. The highest BCUT2D eigenvalue weighted by Gasteiger charge is 2.29. The van der Waals surface area contributed by atoms with E-state index in [9.17, 15) is 24.9 Å². The summed E-state index contributed by atoms with van der Waals surface area (Å²) < 4.78 is 0. The van der Waals surface area contributed by atoms with Gasteiger partial charge in [0.15, 0.2) is 0 Å². The monoisotopic (exact) mass is 531 g/mol. The van der Waals surface area contributed by atoms with Crippen molar-refractivity contribution in [2.45, 2.75) is 50.0 Å². The van der Waals surface area contributed by atoms with Crippen LogP contribution in [0.1, 0.15) is 23.1 Å². The number of carbonyl (C=O) groups excluding carboxylic acids is 2. The fourth-order valence-corrected chi connectivity index (χ4v) is 4.37. The van der Waals surface area contributed by atoms with Gasteiger partial charge in [0.2, 0.25) is 11.8 Å². The number of phenolic OH excluding ortho intramolecular Hbond substituents is 1. The van der Waals surface area contributed by atoms with Crippen LogP contribution in [0.2, 0.25) is 0 Å². The summed E-state index contributed by atoms with van der Waals surface area (Å²) in [6.07, 6.45) is 1.82. The summed E-state index contributed by atoms with van der Waals surface area (Å²) in [5, 5.41) is 33.6. The number of phenols is 1. The minimum absolute atomic E-state index is 0.167. The van der Waals surface area contributed by atoms with Crippen molar-refractivity contribution < 1.29 is 24.9 Å². The maximum atomic E-state index is 13.3. The molecule has 0 aromatic heterocycles. The molecule has 3 rings (SSSR count). The first-order valence-electron chi connectivity index (χ1n) is 13.0. The van der Waals surface area contributed by atoms with Crippen molar-refractivity contribution in [2.24, 2.45) is 17.4 Å². The van der Waals surface area contributed by atoms with Crippen molar-refractivity contribution in [3.8, 4) is 5.75 Å². The summed E-state index contributed by atoms with van der Waals surface area (Å²) in [4.78, 5) is 25.5. The zero-order valence-corrected chi connectivity index (χ0v) is 21.8. The zero-order chi connectivity index (χ0) is 28.2. The summed E-state index contributed by atoms with van der Waals surface area (Å²) in [7, 11) is 0. The van der Waals surface area contributed by atoms with E-state index in [0.717, 1.165) is 16.7 Å². The van der Waals surface area contributed by atoms with Gasteiger partial charge < -0.3 is 32.1 Å². The first-order chi connectivity index (χ1) is 18.7. The lowest BCUT2D eigenvalue weighted by molar-refractivity contribution is -0.131. The Labute approximate surface area is 229 Å². The molecule has 0 spiro atoms. The van der Waals surface area contributed by atoms with Gasteiger partial charge in [-0.3, -0.25) is 9.59 Å². The fraction of sp³-hybridized carbons (Fsp3) is 0.290. The number of carbonyl (C=O) groups is 2. The third-order valence-corrected chi connectivity index (χ3v) is 6.50. The number of hydrogen-bond donors (Lipinski definition) is 6. The molecule has 0 aliphatic heterocycles. The van der Waals surface area contributed by atoms with Crippen LogP contribution in [0.5, 0.6) is 5.75 Å². The summed E-state index contributed by atoms with van der Waals surface area (Å²) >= 11 is 0. The Kier molecular flexibility index (Phi) is 11.2. The van der Waals surface area contributed by atoms with Gasteiger partial charge in [-0.2, -0.15) is 0 Å². The Balaban J connectivity index is 1.67. The van der Waals surface area contributed by atoms with Gasteiger partial charge in [0, 0.05) is 12.5 Å². The quantitative estimate of drug-likeness (QED) is 0.175. The molecule has 206 valence electrons. The maximum absolute atomic E-state index is 13.3. The SMILES string of the molecule is NC(=O)[C@H](Cc1ccccc1)NC(=O)[C@@H](Cc1ccccc1)[C@H](O)C=C[C@@H](O)C[C@@H](N)Cc1ccc(O)cc1. The second-order valence-electron chi connectivity index (χ2n) is 9.76. The average Bonchev–Trinajstić information content (AvgIpc) is 2.92. The van der Waals surface area contributed by atoms with Crippen LogP contribution in [-0.2, 0) is 28.9 Å². The number of hydrogen-bond acceptors (Lipinski definition) is 6. The van der Waals surface area contributed by atoms with Crippen LogP contribution in [0.25, 0.3) is 0 Å². The minimum Gasteiger partial charge on any atom is -0.508 e. The Morgan fingerprint density at radius 1 is 0.769 bits per heavy atom. The van der Waals surface area contributed by atoms with Crippen molar-refractivity contribution in [3.05, 3.63) is 114 Å². The lowest BCUT2D eigenvalue weighted by atomic mass is 9.91. The van der Waals surface area contributed by atoms with E-state index in [0.29, 0.717) is 6.42 Å². The Hall–Kier alpha value is -3.98. The molecule has 0 saturated carbocycles. The lowest BCUT2D eigenvalue weighted by Crippen LogP contribution is -2.50. The Morgan fingerprint density at radius 2 is 1.31 bits per heavy atom. The molecule has 39 heavy (non-hydrogen) atoms. The number of rotatable bonds is 14. The maximum Gasteiger partial charge on any atom is 0.240 e. The number of aromatic hydroxyl groups is 1. The first-order valence-corrected chi connectivity index (χ1v) is 13.0. The second kappa shape index (κ2) is 14.8. The topological polar surface area (TPSA) is 159 Å². The van der Waals surface area contributed by atoms with Gasteiger partial charge in [-0.25, -0.2) is 0 Å². The molecule has 0 aliphatic rings. The normalized spacial score (nSPS) is 15.3. The molecule has 8 heteroatoms. The molecule has 2 amide bonds. The molecular formula is C31H37N3O5. The summed E-state index contributed by atoms with van der Waals surface area (Å²) in [5.74, 6) is -1.96. The summed E-state index contributed by atoms with van der Waals surface area (Å²) in [6, 6.07) is 23.8. The van der Waals surface area contributed by atoms with E-state index in [1.54, 1.807) is 24.3 Å². The van der Waals surface area contributed by atoms with Crippen LogP contribution in [-0.4, -0.2) is 51.4 Å². The van der Waals surface area contributed by atoms with Crippen LogP contribution in [0, 0.1) is 5.92 Å². The van der Waals surface area contributed by atoms with Gasteiger partial charge in [-0.1, -0.05) is 84.9 Å². The van der Waals surface area contributed by atoms with Crippen molar-refractivity contribution in [2.75, 3.05) is 0 Å². The summed E-state index contributed by atoms with van der Waals surface area (Å²) in [6.45, 7) is 0. The molecular weight excluding hydrogens is 494 g/mol. The van der Waals surface area contributed by atoms with Crippen molar-refractivity contribution in [3.63, 3.8) is 0 Å². The molecule has 0 saturated heterocycles. The van der Waals surface area contributed by atoms with Crippen LogP contribution in [0.4, 0.5) is 0 Å². The molecule has 8 N–H and O–H groups in total. The smallest absolute Gasteiger partial charge is 0.240 e. The molecule has 3 aromatic carbocycles. The van der Waals surface area contributed by atoms with Gasteiger partial charge in [0.25, 0.3) is 0 Å². The molecule has 0 radical (unpaired) electrons. The van der Waals surface area contributed by atoms with Crippen molar-refractivity contribution >= 4 is 11.8 Å². The number of aliphatic hydroxyl groups is 2. The Morgan fingerprint density at radius 3 is 1.87 bits per heavy atom. The second-order valence-corrected chi connectivity index (χ2v) is 9.76. The van der Waals surface area contributed by atoms with Crippen LogP contribution in [0.15, 0.2) is 97.1 Å². The van der Waals surface area contributed by atoms with Crippen molar-refractivity contribution in [1.82, 2.24) is 5.32 Å². The number of aliphatic hydroxyl groups excluding tert-OH is 2.